The fourth-order valence-electron chi connectivity index (χ4n) is 0.432. The average Bonchev–Trinajstić information content (AvgIpc) is 1.85. The summed E-state index contributed by atoms with van der Waals surface area (Å²) < 4.78 is 0. The van der Waals surface area contributed by atoms with Crippen molar-refractivity contribution in [2.24, 2.45) is 0 Å². The van der Waals surface area contributed by atoms with Gasteiger partial charge in [0.25, 0.3) is 0 Å². The largest absolute Gasteiger partial charge is 0.392 e. The zero-order valence-corrected chi connectivity index (χ0v) is 5.67. The third-order valence-electron chi connectivity index (χ3n) is 0.908. The van der Waals surface area contributed by atoms with E-state index in [1.165, 1.54) is 0 Å². The van der Waals surface area contributed by atoms with Gasteiger partial charge in [0, 0.05) is 0 Å². The summed E-state index contributed by atoms with van der Waals surface area (Å²) in [5, 5.41) is 8.40. The summed E-state index contributed by atoms with van der Waals surface area (Å²) in [6.45, 7) is 5.55. The maximum Gasteiger partial charge on any atom is 0.0617 e. The van der Waals surface area contributed by atoms with Crippen LogP contribution in [0, 0.1) is 0 Å². The van der Waals surface area contributed by atoms with E-state index >= 15 is 0 Å². The highest BCUT2D eigenvalue weighted by Crippen LogP contribution is 1.92. The second-order valence-corrected chi connectivity index (χ2v) is 1.73. The van der Waals surface area contributed by atoms with Crippen molar-refractivity contribution in [1.29, 1.82) is 0 Å². The molecule has 50 valence electrons. The summed E-state index contributed by atoms with van der Waals surface area (Å²) in [6, 6.07) is 0. The Morgan fingerprint density at radius 3 is 2.78 bits per heavy atom. The van der Waals surface area contributed by atoms with E-state index in [2.05, 4.69) is 6.58 Å². The summed E-state index contributed by atoms with van der Waals surface area (Å²) in [4.78, 5) is 0. The van der Waals surface area contributed by atoms with Crippen LogP contribution < -0.4 is 0 Å². The van der Waals surface area contributed by atoms with Gasteiger partial charge in [-0.05, 0) is 6.92 Å². The van der Waals surface area contributed by atoms with E-state index in [-0.39, 0.29) is 6.61 Å². The van der Waals surface area contributed by atoms with Crippen LogP contribution in [0.3, 0.4) is 0 Å². The summed E-state index contributed by atoms with van der Waals surface area (Å²) in [6.07, 6.45) is 7.17. The summed E-state index contributed by atoms with van der Waals surface area (Å²) in [5.41, 5.74) is 1.05. The topological polar surface area (TPSA) is 20.2 Å². The molecule has 1 N–H and O–H groups in total. The Hall–Kier alpha value is -0.820. The SMILES string of the molecule is C=C/C=C/C(C)=C\CO. The normalized spacial score (nSPS) is 12.4. The molecule has 0 amide bonds. The van der Waals surface area contributed by atoms with E-state index in [0.29, 0.717) is 0 Å². The molecule has 1 nitrogen and oxygen atoms in total. The third-order valence-corrected chi connectivity index (χ3v) is 0.908. The summed E-state index contributed by atoms with van der Waals surface area (Å²) in [5.74, 6) is 0. The highest BCUT2D eigenvalue weighted by atomic mass is 16.2. The molecule has 0 aromatic heterocycles. The molecule has 0 spiro atoms. The molecule has 0 fully saturated rings. The van der Waals surface area contributed by atoms with Crippen LogP contribution in [0.25, 0.3) is 0 Å². The molecule has 0 saturated carbocycles. The lowest BCUT2D eigenvalue weighted by Gasteiger charge is -1.85. The fourth-order valence-corrected chi connectivity index (χ4v) is 0.432. The van der Waals surface area contributed by atoms with Gasteiger partial charge in [0.15, 0.2) is 0 Å². The molecule has 9 heavy (non-hydrogen) atoms. The monoisotopic (exact) mass is 124 g/mol. The molecule has 0 aliphatic rings. The zero-order valence-electron chi connectivity index (χ0n) is 5.67. The van der Waals surface area contributed by atoms with E-state index in [4.69, 9.17) is 5.11 Å². The second kappa shape index (κ2) is 5.32. The minimum atomic E-state index is 0.104. The number of aliphatic hydroxyl groups excluding tert-OH is 1. The highest BCUT2D eigenvalue weighted by Gasteiger charge is 1.75. The van der Waals surface area contributed by atoms with Crippen LogP contribution >= 0.6 is 0 Å². The van der Waals surface area contributed by atoms with E-state index < -0.39 is 0 Å². The first-order valence-electron chi connectivity index (χ1n) is 2.88. The van der Waals surface area contributed by atoms with Crippen molar-refractivity contribution >= 4 is 0 Å². The van der Waals surface area contributed by atoms with Gasteiger partial charge in [0.05, 0.1) is 6.61 Å². The van der Waals surface area contributed by atoms with Gasteiger partial charge in [0.1, 0.15) is 0 Å². The van der Waals surface area contributed by atoms with E-state index in [1.54, 1.807) is 12.2 Å². The number of hydrogen-bond acceptors (Lipinski definition) is 1. The maximum absolute atomic E-state index is 8.40. The molecular weight excluding hydrogens is 112 g/mol. The fraction of sp³-hybridized carbons (Fsp3) is 0.250. The predicted octanol–water partition coefficient (Wildman–Crippen LogP) is 1.67. The lowest BCUT2D eigenvalue weighted by molar-refractivity contribution is 0.342. The van der Waals surface area contributed by atoms with Crippen molar-refractivity contribution in [2.45, 2.75) is 6.92 Å². The van der Waals surface area contributed by atoms with Gasteiger partial charge >= 0.3 is 0 Å². The first-order valence-corrected chi connectivity index (χ1v) is 2.88. The number of aliphatic hydroxyl groups is 1. The Morgan fingerprint density at radius 1 is 1.67 bits per heavy atom. The van der Waals surface area contributed by atoms with Crippen molar-refractivity contribution < 1.29 is 5.11 Å². The predicted molar refractivity (Wildman–Crippen MR) is 40.2 cm³/mol. The maximum atomic E-state index is 8.40. The minimum Gasteiger partial charge on any atom is -0.392 e. The van der Waals surface area contributed by atoms with E-state index in [0.717, 1.165) is 5.57 Å². The Labute approximate surface area is 56.0 Å². The van der Waals surface area contributed by atoms with Crippen LogP contribution in [0.1, 0.15) is 6.92 Å². The molecule has 0 radical (unpaired) electrons. The standard InChI is InChI=1S/C8H12O/c1-3-4-5-8(2)6-7-9/h3-6,9H,1,7H2,2H3/b5-4+,8-6-. The van der Waals surface area contributed by atoms with E-state index in [1.807, 2.05) is 19.1 Å². The molecule has 0 rings (SSSR count). The third kappa shape index (κ3) is 5.04. The Kier molecular flexibility index (Phi) is 4.83. The van der Waals surface area contributed by atoms with Crippen molar-refractivity contribution in [2.75, 3.05) is 6.61 Å². The van der Waals surface area contributed by atoms with Crippen molar-refractivity contribution in [3.05, 3.63) is 36.5 Å². The van der Waals surface area contributed by atoms with Gasteiger partial charge in [-0.2, -0.15) is 0 Å². The molecular formula is C8H12O. The van der Waals surface area contributed by atoms with Gasteiger partial charge < -0.3 is 5.11 Å². The van der Waals surface area contributed by atoms with Crippen LogP contribution in [0.2, 0.25) is 0 Å². The summed E-state index contributed by atoms with van der Waals surface area (Å²) >= 11 is 0. The molecule has 0 heterocycles. The number of rotatable bonds is 3. The Bertz CT molecular complexity index is 132. The molecule has 0 aliphatic heterocycles. The van der Waals surface area contributed by atoms with Gasteiger partial charge in [0.2, 0.25) is 0 Å². The first kappa shape index (κ1) is 8.18. The molecule has 0 aliphatic carbocycles. The number of hydrogen-bond donors (Lipinski definition) is 1. The minimum absolute atomic E-state index is 0.104. The highest BCUT2D eigenvalue weighted by molar-refractivity contribution is 5.18. The van der Waals surface area contributed by atoms with Crippen molar-refractivity contribution in [3.63, 3.8) is 0 Å². The smallest absolute Gasteiger partial charge is 0.0617 e. The molecule has 1 heteroatoms. The molecule has 0 atom stereocenters. The molecule has 0 aromatic rings. The van der Waals surface area contributed by atoms with Crippen LogP contribution in [-0.2, 0) is 0 Å². The molecule has 0 unspecified atom stereocenters. The Balaban J connectivity index is 3.74. The van der Waals surface area contributed by atoms with Crippen LogP contribution in [0.15, 0.2) is 36.5 Å². The van der Waals surface area contributed by atoms with Gasteiger partial charge in [-0.15, -0.1) is 0 Å². The van der Waals surface area contributed by atoms with Crippen molar-refractivity contribution in [1.82, 2.24) is 0 Å². The van der Waals surface area contributed by atoms with Gasteiger partial charge in [-0.3, -0.25) is 0 Å². The molecule has 0 saturated heterocycles. The molecule has 0 bridgehead atoms. The van der Waals surface area contributed by atoms with Crippen molar-refractivity contribution in [3.8, 4) is 0 Å². The second-order valence-electron chi connectivity index (χ2n) is 1.73. The van der Waals surface area contributed by atoms with Gasteiger partial charge in [-0.25, -0.2) is 0 Å². The Morgan fingerprint density at radius 2 is 2.33 bits per heavy atom. The average molecular weight is 124 g/mol. The lowest BCUT2D eigenvalue weighted by atomic mass is 10.2. The van der Waals surface area contributed by atoms with E-state index in [9.17, 15) is 0 Å². The van der Waals surface area contributed by atoms with Crippen LogP contribution in [0.4, 0.5) is 0 Å². The zero-order chi connectivity index (χ0) is 7.11. The van der Waals surface area contributed by atoms with Gasteiger partial charge in [-0.1, -0.05) is 36.5 Å². The quantitative estimate of drug-likeness (QED) is 0.567. The first-order chi connectivity index (χ1) is 4.31. The van der Waals surface area contributed by atoms with Crippen LogP contribution in [0.5, 0.6) is 0 Å². The van der Waals surface area contributed by atoms with Crippen LogP contribution in [-0.4, -0.2) is 11.7 Å². The number of allylic oxidation sites excluding steroid dienone is 4. The lowest BCUT2D eigenvalue weighted by Crippen LogP contribution is -1.74. The summed E-state index contributed by atoms with van der Waals surface area (Å²) in [7, 11) is 0. The molecule has 0 aromatic carbocycles.